The summed E-state index contributed by atoms with van der Waals surface area (Å²) in [4.78, 5) is 37.3. The maximum absolute atomic E-state index is 12.7. The molecule has 7 nitrogen and oxygen atoms in total. The Kier molecular flexibility index (Phi) is 7.96. The number of esters is 2. The number of carbonyl (C=O) groups is 3. The molecule has 7 heteroatoms. The topological polar surface area (TPSA) is 94.1 Å². The van der Waals surface area contributed by atoms with Gasteiger partial charge in [0.2, 0.25) is 5.91 Å². The Labute approximate surface area is 208 Å². The van der Waals surface area contributed by atoms with Gasteiger partial charge in [0.05, 0.1) is 23.8 Å². The molecule has 4 aromatic rings. The average Bonchev–Trinajstić information content (AvgIpc) is 2.91. The van der Waals surface area contributed by atoms with Crippen LogP contribution in [0.4, 0.5) is 0 Å². The molecular formula is C29H22N2O5. The normalized spacial score (nSPS) is 10.6. The second kappa shape index (κ2) is 11.9. The van der Waals surface area contributed by atoms with E-state index in [1.165, 1.54) is 12.3 Å². The molecule has 0 bridgehead atoms. The zero-order chi connectivity index (χ0) is 25.2. The summed E-state index contributed by atoms with van der Waals surface area (Å²) >= 11 is 0. The average molecular weight is 479 g/mol. The van der Waals surface area contributed by atoms with Gasteiger partial charge >= 0.3 is 11.9 Å². The van der Waals surface area contributed by atoms with Gasteiger partial charge in [-0.2, -0.15) is 5.10 Å². The molecule has 0 radical (unpaired) electrons. The van der Waals surface area contributed by atoms with Crippen LogP contribution in [0.15, 0.2) is 114 Å². The number of rotatable bonds is 8. The van der Waals surface area contributed by atoms with Gasteiger partial charge in [-0.05, 0) is 42.0 Å². The van der Waals surface area contributed by atoms with Crippen molar-refractivity contribution in [3.05, 3.63) is 131 Å². The summed E-state index contributed by atoms with van der Waals surface area (Å²) in [5.41, 5.74) is 4.45. The SMILES string of the molecule is O=C(Cc1ccccc1)NN=Cc1ccc(OC(=O)c2ccccc2)cc1OC(=O)c1ccccc1. The zero-order valence-electron chi connectivity index (χ0n) is 19.2. The smallest absolute Gasteiger partial charge is 0.343 e. The Bertz CT molecular complexity index is 1370. The molecular weight excluding hydrogens is 456 g/mol. The van der Waals surface area contributed by atoms with Crippen LogP contribution in [0.2, 0.25) is 0 Å². The van der Waals surface area contributed by atoms with E-state index in [1.807, 2.05) is 30.3 Å². The summed E-state index contributed by atoms with van der Waals surface area (Å²) in [5.74, 6) is -1.14. The highest BCUT2D eigenvalue weighted by Gasteiger charge is 2.14. The molecule has 0 aliphatic heterocycles. The number of ether oxygens (including phenoxy) is 2. The fourth-order valence-electron chi connectivity index (χ4n) is 3.24. The molecule has 0 saturated carbocycles. The van der Waals surface area contributed by atoms with Crippen molar-refractivity contribution in [1.82, 2.24) is 5.43 Å². The van der Waals surface area contributed by atoms with Crippen LogP contribution in [0.5, 0.6) is 11.5 Å². The summed E-state index contributed by atoms with van der Waals surface area (Å²) in [7, 11) is 0. The summed E-state index contributed by atoms with van der Waals surface area (Å²) in [5, 5.41) is 3.99. The van der Waals surface area contributed by atoms with Gasteiger partial charge in [0.25, 0.3) is 0 Å². The second-order valence-electron chi connectivity index (χ2n) is 7.67. The van der Waals surface area contributed by atoms with Gasteiger partial charge in [0.1, 0.15) is 11.5 Å². The predicted octanol–water partition coefficient (Wildman–Crippen LogP) is 4.82. The highest BCUT2D eigenvalue weighted by Crippen LogP contribution is 2.25. The molecule has 1 N–H and O–H groups in total. The molecule has 0 heterocycles. The molecule has 4 aromatic carbocycles. The van der Waals surface area contributed by atoms with E-state index in [4.69, 9.17) is 9.47 Å². The van der Waals surface area contributed by atoms with Crippen LogP contribution >= 0.6 is 0 Å². The Morgan fingerprint density at radius 3 is 1.86 bits per heavy atom. The van der Waals surface area contributed by atoms with Crippen LogP contribution < -0.4 is 14.9 Å². The highest BCUT2D eigenvalue weighted by molar-refractivity contribution is 5.94. The van der Waals surface area contributed by atoms with E-state index in [1.54, 1.807) is 72.8 Å². The van der Waals surface area contributed by atoms with E-state index in [0.29, 0.717) is 16.7 Å². The number of benzene rings is 4. The van der Waals surface area contributed by atoms with Crippen molar-refractivity contribution in [3.8, 4) is 11.5 Å². The van der Waals surface area contributed by atoms with Crippen molar-refractivity contribution < 1.29 is 23.9 Å². The number of carbonyl (C=O) groups excluding carboxylic acids is 3. The first-order valence-corrected chi connectivity index (χ1v) is 11.1. The molecule has 0 saturated heterocycles. The monoisotopic (exact) mass is 478 g/mol. The number of nitrogens with zero attached hydrogens (tertiary/aromatic N) is 1. The zero-order valence-corrected chi connectivity index (χ0v) is 19.2. The van der Waals surface area contributed by atoms with Gasteiger partial charge in [-0.25, -0.2) is 15.0 Å². The summed E-state index contributed by atoms with van der Waals surface area (Å²) in [6.07, 6.45) is 1.53. The third kappa shape index (κ3) is 6.74. The van der Waals surface area contributed by atoms with Crippen LogP contribution in [0.3, 0.4) is 0 Å². The molecule has 0 unspecified atom stereocenters. The summed E-state index contributed by atoms with van der Waals surface area (Å²) in [6, 6.07) is 30.8. The highest BCUT2D eigenvalue weighted by atomic mass is 16.5. The number of amides is 1. The van der Waals surface area contributed by atoms with E-state index in [-0.39, 0.29) is 23.8 Å². The van der Waals surface area contributed by atoms with Crippen molar-refractivity contribution in [2.45, 2.75) is 6.42 Å². The molecule has 0 spiro atoms. The summed E-state index contributed by atoms with van der Waals surface area (Å²) < 4.78 is 11.0. The first-order chi connectivity index (χ1) is 17.6. The van der Waals surface area contributed by atoms with Crippen LogP contribution in [0, 0.1) is 0 Å². The standard InChI is InChI=1S/C29H22N2O5/c32-27(18-21-10-4-1-5-11-21)31-30-20-24-16-17-25(35-28(33)22-12-6-2-7-13-22)19-26(24)36-29(34)23-14-8-3-9-15-23/h1-17,19-20H,18H2,(H,31,32). The molecule has 0 aromatic heterocycles. The van der Waals surface area contributed by atoms with Gasteiger partial charge in [0, 0.05) is 11.6 Å². The minimum absolute atomic E-state index is 0.114. The molecule has 4 rings (SSSR count). The van der Waals surface area contributed by atoms with Gasteiger partial charge in [-0.3, -0.25) is 4.79 Å². The molecule has 36 heavy (non-hydrogen) atoms. The molecule has 0 aliphatic carbocycles. The van der Waals surface area contributed by atoms with Gasteiger partial charge in [-0.15, -0.1) is 0 Å². The Balaban J connectivity index is 1.52. The Morgan fingerprint density at radius 1 is 0.694 bits per heavy atom. The van der Waals surface area contributed by atoms with E-state index >= 15 is 0 Å². The molecule has 178 valence electrons. The maximum atomic E-state index is 12.7. The largest absolute Gasteiger partial charge is 0.423 e. The van der Waals surface area contributed by atoms with E-state index in [9.17, 15) is 14.4 Å². The minimum Gasteiger partial charge on any atom is -0.423 e. The lowest BCUT2D eigenvalue weighted by molar-refractivity contribution is -0.120. The minimum atomic E-state index is -0.593. The number of hydrogen-bond acceptors (Lipinski definition) is 6. The fourth-order valence-corrected chi connectivity index (χ4v) is 3.24. The Hall–Kier alpha value is -5.04. The van der Waals surface area contributed by atoms with Gasteiger partial charge in [0.15, 0.2) is 0 Å². The number of hydrogen-bond donors (Lipinski definition) is 1. The summed E-state index contributed by atoms with van der Waals surface area (Å²) in [6.45, 7) is 0. The third-order valence-electron chi connectivity index (χ3n) is 5.02. The van der Waals surface area contributed by atoms with Crippen LogP contribution in [0.25, 0.3) is 0 Å². The van der Waals surface area contributed by atoms with E-state index in [2.05, 4.69) is 10.5 Å². The van der Waals surface area contributed by atoms with Gasteiger partial charge < -0.3 is 9.47 Å². The second-order valence-corrected chi connectivity index (χ2v) is 7.67. The predicted molar refractivity (Wildman–Crippen MR) is 135 cm³/mol. The maximum Gasteiger partial charge on any atom is 0.343 e. The van der Waals surface area contributed by atoms with Crippen LogP contribution in [-0.2, 0) is 11.2 Å². The first-order valence-electron chi connectivity index (χ1n) is 11.1. The fraction of sp³-hybridized carbons (Fsp3) is 0.0345. The van der Waals surface area contributed by atoms with Gasteiger partial charge in [-0.1, -0.05) is 66.7 Å². The van der Waals surface area contributed by atoms with E-state index < -0.39 is 11.9 Å². The Morgan fingerprint density at radius 2 is 1.25 bits per heavy atom. The molecule has 1 amide bonds. The first kappa shape index (κ1) is 24.1. The lowest BCUT2D eigenvalue weighted by Crippen LogP contribution is -2.19. The lowest BCUT2D eigenvalue weighted by Gasteiger charge is -2.10. The third-order valence-corrected chi connectivity index (χ3v) is 5.02. The van der Waals surface area contributed by atoms with Crippen molar-refractivity contribution in [2.24, 2.45) is 5.10 Å². The number of hydrazone groups is 1. The van der Waals surface area contributed by atoms with Crippen LogP contribution in [-0.4, -0.2) is 24.1 Å². The number of nitrogens with one attached hydrogen (secondary N) is 1. The van der Waals surface area contributed by atoms with Crippen molar-refractivity contribution in [1.29, 1.82) is 0 Å². The van der Waals surface area contributed by atoms with Crippen LogP contribution in [0.1, 0.15) is 31.8 Å². The van der Waals surface area contributed by atoms with E-state index in [0.717, 1.165) is 5.56 Å². The lowest BCUT2D eigenvalue weighted by atomic mass is 10.1. The molecule has 0 atom stereocenters. The van der Waals surface area contributed by atoms with Crippen molar-refractivity contribution in [3.63, 3.8) is 0 Å². The van der Waals surface area contributed by atoms with Crippen molar-refractivity contribution >= 4 is 24.1 Å². The quantitative estimate of drug-likeness (QED) is 0.170. The van der Waals surface area contributed by atoms with Crippen molar-refractivity contribution in [2.75, 3.05) is 0 Å². The molecule has 0 aliphatic rings. The molecule has 0 fully saturated rings.